The Kier molecular flexibility index (Phi) is 3.57. The summed E-state index contributed by atoms with van der Waals surface area (Å²) in [5.74, 6) is -0.589. The highest BCUT2D eigenvalue weighted by Crippen LogP contribution is 2.19. The summed E-state index contributed by atoms with van der Waals surface area (Å²) in [6.07, 6.45) is 2.77. The first-order valence-corrected chi connectivity index (χ1v) is 6.12. The van der Waals surface area contributed by atoms with Crippen molar-refractivity contribution < 1.29 is 14.6 Å². The minimum atomic E-state index is -1.02. The monoisotopic (exact) mass is 264 g/mol. The van der Waals surface area contributed by atoms with Gasteiger partial charge in [0.15, 0.2) is 0 Å². The molecule has 0 spiro atoms. The van der Waals surface area contributed by atoms with Crippen molar-refractivity contribution in [2.45, 2.75) is 20.5 Å². The topological polar surface area (TPSA) is 72.3 Å². The summed E-state index contributed by atoms with van der Waals surface area (Å²) < 4.78 is 5.47. The first kappa shape index (κ1) is 12.5. The van der Waals surface area contributed by atoms with Crippen LogP contribution in [0.4, 0.5) is 0 Å². The van der Waals surface area contributed by atoms with E-state index >= 15 is 0 Å². The number of nitrogens with zero attached hydrogens (tertiary/aromatic N) is 2. The van der Waals surface area contributed by atoms with E-state index in [1.807, 2.05) is 13.8 Å². The number of hydrogen-bond donors (Lipinski definition) is 1. The smallest absolute Gasteiger partial charge is 0.337 e. The van der Waals surface area contributed by atoms with Gasteiger partial charge in [0.05, 0.1) is 17.5 Å². The van der Waals surface area contributed by atoms with Crippen molar-refractivity contribution in [2.24, 2.45) is 0 Å². The lowest BCUT2D eigenvalue weighted by atomic mass is 10.3. The van der Waals surface area contributed by atoms with Crippen LogP contribution in [0.1, 0.15) is 25.9 Å². The second kappa shape index (κ2) is 5.14. The molecule has 0 aliphatic carbocycles. The van der Waals surface area contributed by atoms with Crippen LogP contribution in [0.3, 0.4) is 0 Å². The summed E-state index contributed by atoms with van der Waals surface area (Å²) in [5.41, 5.74) is 1.11. The predicted octanol–water partition coefficient (Wildman–Crippen LogP) is 2.43. The second-order valence-electron chi connectivity index (χ2n) is 3.75. The third-order valence-electron chi connectivity index (χ3n) is 2.40. The van der Waals surface area contributed by atoms with Gasteiger partial charge in [-0.1, -0.05) is 0 Å². The molecule has 6 heteroatoms. The summed E-state index contributed by atoms with van der Waals surface area (Å²) in [4.78, 5) is 20.1. The standard InChI is InChI=1S/C12H12N2O3S/c1-7-8(2)18-11(14-7)6-17-10-3-9(12(15)16)4-13-5-10/h3-5H,6H2,1-2H3,(H,15,16). The number of thiazole rings is 1. The molecule has 0 aliphatic heterocycles. The molecule has 0 aromatic carbocycles. The maximum atomic E-state index is 10.8. The number of pyridine rings is 1. The number of rotatable bonds is 4. The van der Waals surface area contributed by atoms with E-state index in [4.69, 9.17) is 9.84 Å². The summed E-state index contributed by atoms with van der Waals surface area (Å²) >= 11 is 1.57. The van der Waals surface area contributed by atoms with Crippen molar-refractivity contribution in [3.63, 3.8) is 0 Å². The van der Waals surface area contributed by atoms with E-state index in [2.05, 4.69) is 9.97 Å². The third kappa shape index (κ3) is 2.84. The lowest BCUT2D eigenvalue weighted by molar-refractivity contribution is 0.0696. The maximum absolute atomic E-state index is 10.8. The number of aromatic nitrogens is 2. The van der Waals surface area contributed by atoms with Crippen LogP contribution in [0, 0.1) is 13.8 Å². The van der Waals surface area contributed by atoms with Gasteiger partial charge in [-0.3, -0.25) is 4.98 Å². The van der Waals surface area contributed by atoms with Gasteiger partial charge in [-0.15, -0.1) is 11.3 Å². The summed E-state index contributed by atoms with van der Waals surface area (Å²) in [6, 6.07) is 1.45. The molecule has 2 heterocycles. The molecule has 94 valence electrons. The van der Waals surface area contributed by atoms with E-state index < -0.39 is 5.97 Å². The molecule has 18 heavy (non-hydrogen) atoms. The van der Waals surface area contributed by atoms with Gasteiger partial charge in [0.2, 0.25) is 0 Å². The van der Waals surface area contributed by atoms with Crippen LogP contribution in [-0.2, 0) is 6.61 Å². The van der Waals surface area contributed by atoms with E-state index in [-0.39, 0.29) is 5.56 Å². The Morgan fingerprint density at radius 1 is 1.44 bits per heavy atom. The molecule has 2 aromatic heterocycles. The molecule has 0 unspecified atom stereocenters. The molecule has 0 saturated carbocycles. The molecular formula is C12H12N2O3S. The van der Waals surface area contributed by atoms with E-state index in [9.17, 15) is 4.79 Å². The number of carboxylic acids is 1. The quantitative estimate of drug-likeness (QED) is 0.918. The minimum absolute atomic E-state index is 0.110. The molecule has 2 rings (SSSR count). The number of ether oxygens (including phenoxy) is 1. The number of hydrogen-bond acceptors (Lipinski definition) is 5. The Balaban J connectivity index is 2.06. The van der Waals surface area contributed by atoms with Gasteiger partial charge in [0.1, 0.15) is 17.4 Å². The van der Waals surface area contributed by atoms with Gasteiger partial charge in [-0.25, -0.2) is 9.78 Å². The van der Waals surface area contributed by atoms with Gasteiger partial charge in [0, 0.05) is 11.1 Å². The van der Waals surface area contributed by atoms with Crippen molar-refractivity contribution in [1.82, 2.24) is 9.97 Å². The van der Waals surface area contributed by atoms with Crippen molar-refractivity contribution >= 4 is 17.3 Å². The van der Waals surface area contributed by atoms with Crippen molar-refractivity contribution in [3.8, 4) is 5.75 Å². The Labute approximate surface area is 108 Å². The Morgan fingerprint density at radius 2 is 2.22 bits per heavy atom. The van der Waals surface area contributed by atoms with E-state index in [0.29, 0.717) is 12.4 Å². The van der Waals surface area contributed by atoms with Crippen molar-refractivity contribution in [2.75, 3.05) is 0 Å². The maximum Gasteiger partial charge on any atom is 0.337 e. The van der Waals surface area contributed by atoms with E-state index in [1.54, 1.807) is 11.3 Å². The second-order valence-corrected chi connectivity index (χ2v) is 5.04. The molecule has 0 saturated heterocycles. The van der Waals surface area contributed by atoms with E-state index in [1.165, 1.54) is 18.5 Å². The predicted molar refractivity (Wildman–Crippen MR) is 67.1 cm³/mol. The zero-order valence-corrected chi connectivity index (χ0v) is 10.8. The van der Waals surface area contributed by atoms with Crippen molar-refractivity contribution in [3.05, 3.63) is 39.6 Å². The van der Waals surface area contributed by atoms with Crippen LogP contribution in [0.2, 0.25) is 0 Å². The minimum Gasteiger partial charge on any atom is -0.485 e. The van der Waals surface area contributed by atoms with Crippen LogP contribution in [0.15, 0.2) is 18.5 Å². The van der Waals surface area contributed by atoms with Gasteiger partial charge >= 0.3 is 5.97 Å². The number of aryl methyl sites for hydroxylation is 2. The molecule has 2 aromatic rings. The highest BCUT2D eigenvalue weighted by molar-refractivity contribution is 7.11. The first-order valence-electron chi connectivity index (χ1n) is 5.30. The Morgan fingerprint density at radius 3 is 2.83 bits per heavy atom. The highest BCUT2D eigenvalue weighted by atomic mass is 32.1. The van der Waals surface area contributed by atoms with Gasteiger partial charge in [-0.05, 0) is 19.9 Å². The zero-order chi connectivity index (χ0) is 13.1. The molecule has 0 atom stereocenters. The fourth-order valence-electron chi connectivity index (χ4n) is 1.36. The van der Waals surface area contributed by atoms with E-state index in [0.717, 1.165) is 15.6 Å². The summed E-state index contributed by atoms with van der Waals surface area (Å²) in [5, 5.41) is 9.69. The van der Waals surface area contributed by atoms with Gasteiger partial charge in [0.25, 0.3) is 0 Å². The number of carboxylic acid groups (broad SMARTS) is 1. The van der Waals surface area contributed by atoms with Gasteiger partial charge < -0.3 is 9.84 Å². The molecule has 0 radical (unpaired) electrons. The van der Waals surface area contributed by atoms with Crippen LogP contribution < -0.4 is 4.74 Å². The summed E-state index contributed by atoms with van der Waals surface area (Å²) in [6.45, 7) is 4.27. The van der Waals surface area contributed by atoms with Crippen LogP contribution in [0.25, 0.3) is 0 Å². The van der Waals surface area contributed by atoms with Crippen LogP contribution in [-0.4, -0.2) is 21.0 Å². The first-order chi connectivity index (χ1) is 8.56. The van der Waals surface area contributed by atoms with Gasteiger partial charge in [-0.2, -0.15) is 0 Å². The fourth-order valence-corrected chi connectivity index (χ4v) is 2.21. The molecule has 1 N–H and O–H groups in total. The number of carbonyl (C=O) groups is 1. The normalized spacial score (nSPS) is 10.3. The highest BCUT2D eigenvalue weighted by Gasteiger charge is 2.07. The molecule has 0 aliphatic rings. The molecule has 0 amide bonds. The summed E-state index contributed by atoms with van der Waals surface area (Å²) in [7, 11) is 0. The van der Waals surface area contributed by atoms with Crippen LogP contribution >= 0.6 is 11.3 Å². The fraction of sp³-hybridized carbons (Fsp3) is 0.250. The lowest BCUT2D eigenvalue weighted by Crippen LogP contribution is -2.00. The van der Waals surface area contributed by atoms with Crippen LogP contribution in [0.5, 0.6) is 5.75 Å². The SMILES string of the molecule is Cc1nc(COc2cncc(C(=O)O)c2)sc1C. The van der Waals surface area contributed by atoms with Crippen molar-refractivity contribution in [1.29, 1.82) is 0 Å². The molecule has 0 fully saturated rings. The largest absolute Gasteiger partial charge is 0.485 e. The zero-order valence-electron chi connectivity index (χ0n) is 10.0. The lowest BCUT2D eigenvalue weighted by Gasteiger charge is -2.03. The average Bonchev–Trinajstić information content (AvgIpc) is 2.67. The molecule has 0 bridgehead atoms. The molecular weight excluding hydrogens is 252 g/mol. The Hall–Kier alpha value is -1.95. The molecule has 5 nitrogen and oxygen atoms in total. The Bertz CT molecular complexity index is 561. The third-order valence-corrected chi connectivity index (χ3v) is 3.44. The number of aromatic carboxylic acids is 1. The average molecular weight is 264 g/mol.